The van der Waals surface area contributed by atoms with Gasteiger partial charge < -0.3 is 19.8 Å². The largest absolute Gasteiger partial charge is 0.486 e. The Morgan fingerprint density at radius 3 is 2.67 bits per heavy atom. The number of nitrogens with one attached hydrogen (secondary N) is 1. The molecule has 0 amide bonds. The smallest absolute Gasteiger partial charge is 0.281 e. The van der Waals surface area contributed by atoms with Crippen LogP contribution in [0.25, 0.3) is 0 Å². The molecular weight excluding hydrogens is 296 g/mol. The lowest BCUT2D eigenvalue weighted by Crippen LogP contribution is -2.18. The zero-order valence-electron chi connectivity index (χ0n) is 11.2. The number of imidazole rings is 1. The summed E-state index contributed by atoms with van der Waals surface area (Å²) in [5.41, 5.74) is 5.96. The van der Waals surface area contributed by atoms with E-state index in [1.54, 1.807) is 25.2 Å². The van der Waals surface area contributed by atoms with Crippen LogP contribution >= 0.6 is 0 Å². The van der Waals surface area contributed by atoms with Crippen molar-refractivity contribution in [3.8, 4) is 11.5 Å². The molecule has 112 valence electrons. The van der Waals surface area contributed by atoms with E-state index in [0.29, 0.717) is 30.4 Å². The van der Waals surface area contributed by atoms with Crippen LogP contribution in [0.3, 0.4) is 0 Å². The van der Waals surface area contributed by atoms with Crippen molar-refractivity contribution in [3.63, 3.8) is 0 Å². The number of anilines is 2. The van der Waals surface area contributed by atoms with Crippen LogP contribution in [-0.2, 0) is 17.1 Å². The van der Waals surface area contributed by atoms with Gasteiger partial charge in [0.05, 0.1) is 12.0 Å². The van der Waals surface area contributed by atoms with E-state index < -0.39 is 10.0 Å². The SMILES string of the molecule is Cn1cnc(N)c1S(=O)(=O)Nc1ccc2c(c1)OCCO2. The summed E-state index contributed by atoms with van der Waals surface area (Å²) in [6, 6.07) is 4.81. The van der Waals surface area contributed by atoms with Crippen LogP contribution in [0.5, 0.6) is 11.5 Å². The van der Waals surface area contributed by atoms with E-state index in [1.807, 2.05) is 0 Å². The zero-order valence-corrected chi connectivity index (χ0v) is 12.1. The van der Waals surface area contributed by atoms with E-state index in [4.69, 9.17) is 15.2 Å². The van der Waals surface area contributed by atoms with Gasteiger partial charge >= 0.3 is 0 Å². The summed E-state index contributed by atoms with van der Waals surface area (Å²) in [5.74, 6) is 1.03. The number of nitrogen functional groups attached to an aromatic ring is 1. The van der Waals surface area contributed by atoms with Crippen molar-refractivity contribution in [1.29, 1.82) is 0 Å². The molecule has 1 aliphatic heterocycles. The van der Waals surface area contributed by atoms with Crippen LogP contribution in [0.2, 0.25) is 0 Å². The lowest BCUT2D eigenvalue weighted by Gasteiger charge is -2.19. The minimum Gasteiger partial charge on any atom is -0.486 e. The van der Waals surface area contributed by atoms with Gasteiger partial charge in [0, 0.05) is 13.1 Å². The first-order valence-corrected chi connectivity index (χ1v) is 7.65. The standard InChI is InChI=1S/C12H14N4O4S/c1-16-7-14-11(13)12(16)21(17,18)15-8-2-3-9-10(6-8)20-5-4-19-9/h2-3,6-7,15H,4-5,13H2,1H3. The maximum Gasteiger partial charge on any atom is 0.281 e. The number of ether oxygens (including phenoxy) is 2. The first-order chi connectivity index (χ1) is 9.97. The third-order valence-electron chi connectivity index (χ3n) is 2.96. The number of benzene rings is 1. The average molecular weight is 310 g/mol. The second-order valence-corrected chi connectivity index (χ2v) is 6.11. The van der Waals surface area contributed by atoms with Gasteiger partial charge in [-0.3, -0.25) is 4.72 Å². The van der Waals surface area contributed by atoms with Gasteiger partial charge in [0.2, 0.25) is 0 Å². The normalized spacial score (nSPS) is 14.0. The average Bonchev–Trinajstić information content (AvgIpc) is 2.78. The lowest BCUT2D eigenvalue weighted by molar-refractivity contribution is 0.171. The monoisotopic (exact) mass is 310 g/mol. The third-order valence-corrected chi connectivity index (χ3v) is 4.47. The van der Waals surface area contributed by atoms with E-state index in [9.17, 15) is 8.42 Å². The van der Waals surface area contributed by atoms with Crippen molar-refractivity contribution in [1.82, 2.24) is 9.55 Å². The molecule has 0 unspecified atom stereocenters. The van der Waals surface area contributed by atoms with Crippen LogP contribution in [0.4, 0.5) is 11.5 Å². The highest BCUT2D eigenvalue weighted by molar-refractivity contribution is 7.92. The van der Waals surface area contributed by atoms with E-state index in [1.165, 1.54) is 10.9 Å². The van der Waals surface area contributed by atoms with Gasteiger partial charge in [-0.1, -0.05) is 0 Å². The lowest BCUT2D eigenvalue weighted by atomic mass is 10.3. The fraction of sp³-hybridized carbons (Fsp3) is 0.250. The maximum atomic E-state index is 12.3. The molecule has 8 nitrogen and oxygen atoms in total. The minimum atomic E-state index is -3.83. The summed E-state index contributed by atoms with van der Waals surface area (Å²) in [7, 11) is -2.27. The van der Waals surface area contributed by atoms with Gasteiger partial charge in [0.25, 0.3) is 10.0 Å². The predicted molar refractivity (Wildman–Crippen MR) is 75.9 cm³/mol. The number of rotatable bonds is 3. The van der Waals surface area contributed by atoms with Gasteiger partial charge in [-0.25, -0.2) is 4.98 Å². The fourth-order valence-electron chi connectivity index (χ4n) is 2.07. The molecule has 0 atom stereocenters. The number of aryl methyl sites for hydroxylation is 1. The molecule has 1 aliphatic rings. The third kappa shape index (κ3) is 2.47. The van der Waals surface area contributed by atoms with Crippen molar-refractivity contribution >= 4 is 21.5 Å². The number of fused-ring (bicyclic) bond motifs is 1. The number of nitrogens with two attached hydrogens (primary N) is 1. The molecule has 2 heterocycles. The van der Waals surface area contributed by atoms with Gasteiger partial charge in [-0.15, -0.1) is 0 Å². The van der Waals surface area contributed by atoms with Crippen molar-refractivity contribution in [3.05, 3.63) is 24.5 Å². The number of sulfonamides is 1. The Morgan fingerprint density at radius 1 is 1.29 bits per heavy atom. The van der Waals surface area contributed by atoms with Crippen molar-refractivity contribution < 1.29 is 17.9 Å². The Labute approximate surface area is 121 Å². The van der Waals surface area contributed by atoms with Gasteiger partial charge in [0.15, 0.2) is 22.3 Å². The molecule has 0 fully saturated rings. The molecule has 1 aromatic carbocycles. The Morgan fingerprint density at radius 2 is 2.00 bits per heavy atom. The van der Waals surface area contributed by atoms with E-state index in [-0.39, 0.29) is 10.8 Å². The Bertz CT molecular complexity index is 765. The molecule has 0 bridgehead atoms. The molecule has 2 aromatic rings. The summed E-state index contributed by atoms with van der Waals surface area (Å²) in [6.45, 7) is 0.904. The predicted octanol–water partition coefficient (Wildman–Crippen LogP) is 0.574. The quantitative estimate of drug-likeness (QED) is 0.858. The maximum absolute atomic E-state index is 12.3. The molecule has 3 N–H and O–H groups in total. The first-order valence-electron chi connectivity index (χ1n) is 6.16. The van der Waals surface area contributed by atoms with Crippen LogP contribution in [-0.4, -0.2) is 31.2 Å². The minimum absolute atomic E-state index is 0.0532. The molecule has 0 radical (unpaired) electrons. The van der Waals surface area contributed by atoms with E-state index in [2.05, 4.69) is 9.71 Å². The summed E-state index contributed by atoms with van der Waals surface area (Å²) < 4.78 is 39.3. The van der Waals surface area contributed by atoms with Crippen molar-refractivity contribution in [2.75, 3.05) is 23.7 Å². The summed E-state index contributed by atoms with van der Waals surface area (Å²) in [6.07, 6.45) is 1.34. The van der Waals surface area contributed by atoms with E-state index >= 15 is 0 Å². The molecule has 0 saturated heterocycles. The molecular formula is C12H14N4O4S. The Kier molecular flexibility index (Phi) is 3.13. The summed E-state index contributed by atoms with van der Waals surface area (Å²) in [4.78, 5) is 3.77. The van der Waals surface area contributed by atoms with Gasteiger partial charge in [-0.2, -0.15) is 8.42 Å². The first kappa shape index (κ1) is 13.6. The van der Waals surface area contributed by atoms with Gasteiger partial charge in [0.1, 0.15) is 13.2 Å². The number of aromatic nitrogens is 2. The number of hydrogen-bond acceptors (Lipinski definition) is 6. The van der Waals surface area contributed by atoms with Gasteiger partial charge in [-0.05, 0) is 12.1 Å². The fourth-order valence-corrected chi connectivity index (χ4v) is 3.36. The Hall–Kier alpha value is -2.42. The van der Waals surface area contributed by atoms with E-state index in [0.717, 1.165) is 0 Å². The van der Waals surface area contributed by atoms with Crippen LogP contribution in [0.15, 0.2) is 29.6 Å². The highest BCUT2D eigenvalue weighted by Crippen LogP contribution is 2.33. The zero-order chi connectivity index (χ0) is 15.0. The van der Waals surface area contributed by atoms with Crippen LogP contribution < -0.4 is 19.9 Å². The highest BCUT2D eigenvalue weighted by atomic mass is 32.2. The molecule has 9 heteroatoms. The molecule has 0 aliphatic carbocycles. The van der Waals surface area contributed by atoms with Crippen molar-refractivity contribution in [2.24, 2.45) is 7.05 Å². The van der Waals surface area contributed by atoms with Crippen LogP contribution in [0.1, 0.15) is 0 Å². The summed E-state index contributed by atoms with van der Waals surface area (Å²) >= 11 is 0. The topological polar surface area (TPSA) is 108 Å². The second-order valence-electron chi connectivity index (χ2n) is 4.51. The second kappa shape index (κ2) is 4.85. The summed E-state index contributed by atoms with van der Waals surface area (Å²) in [5, 5.41) is -0.0858. The number of nitrogens with zero attached hydrogens (tertiary/aromatic N) is 2. The molecule has 1 aromatic heterocycles. The Balaban J connectivity index is 1.93. The molecule has 0 spiro atoms. The molecule has 3 rings (SSSR count). The van der Waals surface area contributed by atoms with Crippen LogP contribution in [0, 0.1) is 0 Å². The number of hydrogen-bond donors (Lipinski definition) is 2. The van der Waals surface area contributed by atoms with Crippen molar-refractivity contribution in [2.45, 2.75) is 5.03 Å². The molecule has 0 saturated carbocycles. The molecule has 21 heavy (non-hydrogen) atoms. The highest BCUT2D eigenvalue weighted by Gasteiger charge is 2.23.